The maximum absolute atomic E-state index is 6.04. The summed E-state index contributed by atoms with van der Waals surface area (Å²) in [6.45, 7) is 0. The van der Waals surface area contributed by atoms with Gasteiger partial charge in [-0.15, -0.1) is 0 Å². The van der Waals surface area contributed by atoms with Crippen molar-refractivity contribution in [3.8, 4) is 0 Å². The summed E-state index contributed by atoms with van der Waals surface area (Å²) < 4.78 is 0.709. The lowest BCUT2D eigenvalue weighted by molar-refractivity contribution is 1.41. The Morgan fingerprint density at radius 1 is 1.46 bits per heavy atom. The van der Waals surface area contributed by atoms with E-state index in [4.69, 9.17) is 17.3 Å². The van der Waals surface area contributed by atoms with Gasteiger partial charge in [0.25, 0.3) is 0 Å². The van der Waals surface area contributed by atoms with Gasteiger partial charge >= 0.3 is 0 Å². The maximum atomic E-state index is 6.04. The van der Waals surface area contributed by atoms with E-state index in [0.717, 1.165) is 10.9 Å². The van der Waals surface area contributed by atoms with Crippen molar-refractivity contribution in [2.75, 3.05) is 5.73 Å². The lowest BCUT2D eigenvalue weighted by Crippen LogP contribution is -1.89. The minimum atomic E-state index is 0.565. The molecule has 0 bridgehead atoms. The van der Waals surface area contributed by atoms with E-state index in [1.807, 2.05) is 18.2 Å². The summed E-state index contributed by atoms with van der Waals surface area (Å²) >= 11 is 9.35. The number of aromatic nitrogens is 1. The molecule has 2 rings (SSSR count). The van der Waals surface area contributed by atoms with Crippen molar-refractivity contribution in [1.82, 2.24) is 4.98 Å². The quantitative estimate of drug-likeness (QED) is 0.736. The fourth-order valence-corrected chi connectivity index (χ4v) is 1.75. The van der Waals surface area contributed by atoms with E-state index in [1.54, 1.807) is 6.20 Å². The van der Waals surface area contributed by atoms with E-state index in [1.165, 1.54) is 0 Å². The minimum Gasteiger partial charge on any atom is -0.398 e. The highest BCUT2D eigenvalue weighted by Crippen LogP contribution is 2.34. The number of hydrogen-bond donors (Lipinski definition) is 1. The van der Waals surface area contributed by atoms with Crippen LogP contribution in [0.2, 0.25) is 5.02 Å². The van der Waals surface area contributed by atoms with Crippen LogP contribution < -0.4 is 5.73 Å². The fourth-order valence-electron chi connectivity index (χ4n) is 1.18. The molecular weight excluding hydrogens is 251 g/mol. The van der Waals surface area contributed by atoms with Crippen LogP contribution in [0.1, 0.15) is 0 Å². The van der Waals surface area contributed by atoms with Crippen LogP contribution in [0.3, 0.4) is 0 Å². The van der Waals surface area contributed by atoms with Crippen molar-refractivity contribution in [2.24, 2.45) is 0 Å². The highest BCUT2D eigenvalue weighted by molar-refractivity contribution is 9.10. The molecular formula is C9H6BrClN2. The molecule has 0 saturated carbocycles. The molecule has 0 spiro atoms. The first-order valence-electron chi connectivity index (χ1n) is 3.68. The van der Waals surface area contributed by atoms with Gasteiger partial charge in [0.15, 0.2) is 0 Å². The smallest absolute Gasteiger partial charge is 0.0901 e. The van der Waals surface area contributed by atoms with Crippen molar-refractivity contribution in [3.05, 3.63) is 33.9 Å². The number of rotatable bonds is 0. The number of benzene rings is 1. The van der Waals surface area contributed by atoms with Crippen LogP contribution in [0, 0.1) is 0 Å². The molecule has 2 N–H and O–H groups in total. The Hall–Kier alpha value is -0.800. The summed E-state index contributed by atoms with van der Waals surface area (Å²) in [5.74, 6) is 0. The van der Waals surface area contributed by atoms with Crippen molar-refractivity contribution in [1.29, 1.82) is 0 Å². The molecule has 2 aromatic rings. The van der Waals surface area contributed by atoms with Gasteiger partial charge in [0.1, 0.15) is 0 Å². The van der Waals surface area contributed by atoms with Crippen LogP contribution >= 0.6 is 27.5 Å². The molecule has 1 aromatic carbocycles. The summed E-state index contributed by atoms with van der Waals surface area (Å²) in [5.41, 5.74) is 7.13. The van der Waals surface area contributed by atoms with Gasteiger partial charge in [0.05, 0.1) is 15.0 Å². The molecule has 2 nitrogen and oxygen atoms in total. The van der Waals surface area contributed by atoms with Crippen LogP contribution in [-0.2, 0) is 0 Å². The van der Waals surface area contributed by atoms with Gasteiger partial charge in [0.2, 0.25) is 0 Å². The molecule has 0 aliphatic rings. The van der Waals surface area contributed by atoms with Gasteiger partial charge in [-0.2, -0.15) is 0 Å². The number of nitrogens with zero attached hydrogens (tertiary/aromatic N) is 1. The van der Waals surface area contributed by atoms with Crippen molar-refractivity contribution in [2.45, 2.75) is 0 Å². The number of nitrogen functional groups attached to an aromatic ring is 1. The number of halogens is 2. The summed E-state index contributed by atoms with van der Waals surface area (Å²) in [4.78, 5) is 4.17. The Balaban J connectivity index is 2.94. The van der Waals surface area contributed by atoms with E-state index in [9.17, 15) is 0 Å². The second kappa shape index (κ2) is 3.16. The van der Waals surface area contributed by atoms with E-state index in [0.29, 0.717) is 15.2 Å². The number of pyridine rings is 1. The van der Waals surface area contributed by atoms with E-state index < -0.39 is 0 Å². The van der Waals surface area contributed by atoms with E-state index in [2.05, 4.69) is 20.9 Å². The Morgan fingerprint density at radius 3 is 3.00 bits per heavy atom. The van der Waals surface area contributed by atoms with Gasteiger partial charge < -0.3 is 5.73 Å². The Bertz CT molecular complexity index is 470. The largest absolute Gasteiger partial charge is 0.398 e. The SMILES string of the molecule is Nc1cc2cccnc2c(Cl)c1Br. The first kappa shape index (κ1) is 8.78. The van der Waals surface area contributed by atoms with Gasteiger partial charge in [-0.25, -0.2) is 0 Å². The molecule has 1 heterocycles. The molecule has 1 aromatic heterocycles. The van der Waals surface area contributed by atoms with E-state index >= 15 is 0 Å². The predicted octanol–water partition coefficient (Wildman–Crippen LogP) is 3.23. The third-order valence-corrected chi connectivity index (χ3v) is 3.25. The van der Waals surface area contributed by atoms with Crippen molar-refractivity contribution >= 4 is 44.1 Å². The van der Waals surface area contributed by atoms with Crippen LogP contribution in [0.15, 0.2) is 28.9 Å². The highest BCUT2D eigenvalue weighted by Gasteiger charge is 2.07. The zero-order chi connectivity index (χ0) is 9.42. The van der Waals surface area contributed by atoms with Gasteiger partial charge in [-0.3, -0.25) is 4.98 Å². The summed E-state index contributed by atoms with van der Waals surface area (Å²) in [7, 11) is 0. The molecule has 0 unspecified atom stereocenters. The normalized spacial score (nSPS) is 10.6. The first-order valence-corrected chi connectivity index (χ1v) is 4.85. The average Bonchev–Trinajstić information content (AvgIpc) is 2.15. The second-order valence-corrected chi connectivity index (χ2v) is 3.84. The maximum Gasteiger partial charge on any atom is 0.0901 e. The van der Waals surface area contributed by atoms with Gasteiger partial charge in [0, 0.05) is 17.3 Å². The zero-order valence-corrected chi connectivity index (χ0v) is 8.93. The molecule has 66 valence electrons. The number of hydrogen-bond acceptors (Lipinski definition) is 2. The molecule has 4 heteroatoms. The van der Waals surface area contributed by atoms with Crippen molar-refractivity contribution in [3.63, 3.8) is 0 Å². The molecule has 0 radical (unpaired) electrons. The Labute approximate surface area is 88.8 Å². The number of anilines is 1. The van der Waals surface area contributed by atoms with Crippen LogP contribution in [0.5, 0.6) is 0 Å². The highest BCUT2D eigenvalue weighted by atomic mass is 79.9. The predicted molar refractivity (Wildman–Crippen MR) is 58.9 cm³/mol. The monoisotopic (exact) mass is 256 g/mol. The lowest BCUT2D eigenvalue weighted by atomic mass is 10.2. The standard InChI is InChI=1S/C9H6BrClN2/c10-7-6(12)4-5-2-1-3-13-9(5)8(7)11/h1-4H,12H2. The third kappa shape index (κ3) is 1.38. The lowest BCUT2D eigenvalue weighted by Gasteiger charge is -2.04. The molecule has 0 aliphatic heterocycles. The average molecular weight is 258 g/mol. The zero-order valence-electron chi connectivity index (χ0n) is 6.59. The molecule has 0 fully saturated rings. The molecule has 13 heavy (non-hydrogen) atoms. The summed E-state index contributed by atoms with van der Waals surface area (Å²) in [5, 5.41) is 1.52. The van der Waals surface area contributed by atoms with Gasteiger partial charge in [-0.1, -0.05) is 17.7 Å². The Morgan fingerprint density at radius 2 is 2.23 bits per heavy atom. The van der Waals surface area contributed by atoms with Crippen LogP contribution in [0.25, 0.3) is 10.9 Å². The van der Waals surface area contributed by atoms with Crippen LogP contribution in [0.4, 0.5) is 5.69 Å². The number of nitrogens with two attached hydrogens (primary N) is 1. The molecule has 0 aliphatic carbocycles. The van der Waals surface area contributed by atoms with Crippen LogP contribution in [-0.4, -0.2) is 4.98 Å². The number of fused-ring (bicyclic) bond motifs is 1. The Kier molecular flexibility index (Phi) is 2.14. The van der Waals surface area contributed by atoms with E-state index in [-0.39, 0.29) is 0 Å². The first-order chi connectivity index (χ1) is 6.20. The molecule has 0 atom stereocenters. The summed E-state index contributed by atoms with van der Waals surface area (Å²) in [6.07, 6.45) is 1.71. The topological polar surface area (TPSA) is 38.9 Å². The molecule has 0 amide bonds. The van der Waals surface area contributed by atoms with Crippen molar-refractivity contribution < 1.29 is 0 Å². The third-order valence-electron chi connectivity index (χ3n) is 1.80. The fraction of sp³-hybridized carbons (Fsp3) is 0. The second-order valence-electron chi connectivity index (χ2n) is 2.67. The molecule has 0 saturated heterocycles. The summed E-state index contributed by atoms with van der Waals surface area (Å²) in [6, 6.07) is 5.63. The van der Waals surface area contributed by atoms with Gasteiger partial charge in [-0.05, 0) is 28.1 Å². The minimum absolute atomic E-state index is 0.565.